The topological polar surface area (TPSA) is 53.8 Å². The number of furan rings is 1. The lowest BCUT2D eigenvalue weighted by Crippen LogP contribution is -2.48. The smallest absolute Gasteiger partial charge is 0.289 e. The van der Waals surface area contributed by atoms with Crippen LogP contribution in [0, 0.1) is 6.92 Å². The molecule has 5 nitrogen and oxygen atoms in total. The largest absolute Gasteiger partial charge is 0.455 e. The van der Waals surface area contributed by atoms with Crippen LogP contribution >= 0.6 is 0 Å². The summed E-state index contributed by atoms with van der Waals surface area (Å²) in [6, 6.07) is 21.3. The van der Waals surface area contributed by atoms with E-state index in [0.717, 1.165) is 23.5 Å². The van der Waals surface area contributed by atoms with Gasteiger partial charge in [0.25, 0.3) is 5.91 Å². The van der Waals surface area contributed by atoms with Crippen LogP contribution in [0.3, 0.4) is 0 Å². The number of anilines is 1. The molecule has 0 bridgehead atoms. The number of rotatable bonds is 5. The van der Waals surface area contributed by atoms with Crippen LogP contribution < -0.4 is 4.90 Å². The molecule has 150 valence electrons. The van der Waals surface area contributed by atoms with E-state index >= 15 is 0 Å². The van der Waals surface area contributed by atoms with E-state index in [1.165, 1.54) is 5.69 Å². The maximum absolute atomic E-state index is 12.8. The third-order valence-corrected chi connectivity index (χ3v) is 6.67. The molecule has 29 heavy (non-hydrogen) atoms. The summed E-state index contributed by atoms with van der Waals surface area (Å²) >= 11 is 0. The number of piperazine rings is 1. The fourth-order valence-electron chi connectivity index (χ4n) is 3.55. The second kappa shape index (κ2) is 8.66. The first-order valence-corrected chi connectivity index (χ1v) is 11.1. The molecular formula is C23H24N2O3S. The van der Waals surface area contributed by atoms with Crippen molar-refractivity contribution in [2.45, 2.75) is 17.6 Å². The first-order valence-electron chi connectivity index (χ1n) is 9.74. The van der Waals surface area contributed by atoms with Crippen molar-refractivity contribution in [2.24, 2.45) is 0 Å². The Balaban J connectivity index is 1.36. The second-order valence-electron chi connectivity index (χ2n) is 7.14. The molecule has 1 atom stereocenters. The Hall–Kier alpha value is -2.86. The van der Waals surface area contributed by atoms with Crippen LogP contribution in [0.1, 0.15) is 21.9 Å². The minimum Gasteiger partial charge on any atom is -0.455 e. The minimum atomic E-state index is -1.20. The molecular weight excluding hydrogens is 384 g/mol. The molecule has 1 aromatic heterocycles. The minimum absolute atomic E-state index is 0.106. The van der Waals surface area contributed by atoms with E-state index in [-0.39, 0.29) is 11.7 Å². The third kappa shape index (κ3) is 4.43. The zero-order chi connectivity index (χ0) is 20.2. The van der Waals surface area contributed by atoms with Gasteiger partial charge >= 0.3 is 0 Å². The summed E-state index contributed by atoms with van der Waals surface area (Å²) in [5.74, 6) is 1.04. The van der Waals surface area contributed by atoms with Gasteiger partial charge in [-0.25, -0.2) is 0 Å². The summed E-state index contributed by atoms with van der Waals surface area (Å²) in [6.45, 7) is 4.83. The summed E-state index contributed by atoms with van der Waals surface area (Å²) in [4.78, 5) is 17.7. The number of benzene rings is 2. The average Bonchev–Trinajstić information content (AvgIpc) is 3.22. The van der Waals surface area contributed by atoms with Gasteiger partial charge in [0.1, 0.15) is 5.76 Å². The zero-order valence-corrected chi connectivity index (χ0v) is 17.2. The molecule has 0 radical (unpaired) electrons. The van der Waals surface area contributed by atoms with Crippen molar-refractivity contribution < 1.29 is 13.4 Å². The Labute approximate surface area is 173 Å². The van der Waals surface area contributed by atoms with Crippen LogP contribution in [0.4, 0.5) is 5.69 Å². The van der Waals surface area contributed by atoms with E-state index < -0.39 is 10.8 Å². The Morgan fingerprint density at radius 2 is 1.62 bits per heavy atom. The number of nitrogens with zero attached hydrogens (tertiary/aromatic N) is 2. The molecule has 2 heterocycles. The van der Waals surface area contributed by atoms with Gasteiger partial charge in [0, 0.05) is 36.8 Å². The Bertz CT molecular complexity index is 1010. The summed E-state index contributed by atoms with van der Waals surface area (Å²) in [5.41, 5.74) is 2.17. The van der Waals surface area contributed by atoms with E-state index in [4.69, 9.17) is 4.42 Å². The van der Waals surface area contributed by atoms with Gasteiger partial charge < -0.3 is 14.2 Å². The number of amides is 1. The van der Waals surface area contributed by atoms with E-state index in [1.54, 1.807) is 12.1 Å². The predicted molar refractivity (Wildman–Crippen MR) is 115 cm³/mol. The third-order valence-electron chi connectivity index (χ3n) is 5.17. The highest BCUT2D eigenvalue weighted by molar-refractivity contribution is 7.84. The zero-order valence-electron chi connectivity index (χ0n) is 16.4. The molecule has 1 fully saturated rings. The van der Waals surface area contributed by atoms with Gasteiger partial charge in [-0.2, -0.15) is 0 Å². The molecule has 6 heteroatoms. The van der Waals surface area contributed by atoms with Crippen molar-refractivity contribution in [3.05, 3.63) is 83.8 Å². The number of aryl methyl sites for hydroxylation is 1. The fraction of sp³-hybridized carbons (Fsp3) is 0.261. The second-order valence-corrected chi connectivity index (χ2v) is 8.56. The van der Waals surface area contributed by atoms with Gasteiger partial charge in [0.15, 0.2) is 5.76 Å². The van der Waals surface area contributed by atoms with Gasteiger partial charge in [0.2, 0.25) is 0 Å². The highest BCUT2D eigenvalue weighted by Gasteiger charge is 2.24. The molecule has 0 aliphatic carbocycles. The number of carbonyl (C=O) groups is 1. The van der Waals surface area contributed by atoms with Crippen molar-refractivity contribution in [2.75, 3.05) is 31.1 Å². The highest BCUT2D eigenvalue weighted by atomic mass is 32.2. The van der Waals surface area contributed by atoms with E-state index in [2.05, 4.69) is 17.0 Å². The molecule has 0 saturated carbocycles. The Morgan fingerprint density at radius 3 is 2.34 bits per heavy atom. The van der Waals surface area contributed by atoms with Gasteiger partial charge in [-0.1, -0.05) is 36.4 Å². The van der Waals surface area contributed by atoms with E-state index in [1.807, 2.05) is 54.3 Å². The van der Waals surface area contributed by atoms with Crippen molar-refractivity contribution in [3.8, 4) is 0 Å². The molecule has 1 amide bonds. The maximum Gasteiger partial charge on any atom is 0.289 e. The van der Waals surface area contributed by atoms with Crippen LogP contribution in [0.5, 0.6) is 0 Å². The molecule has 1 aliphatic rings. The fourth-order valence-corrected chi connectivity index (χ4v) is 4.78. The molecule has 0 unspecified atom stereocenters. The number of hydrogen-bond donors (Lipinski definition) is 0. The van der Waals surface area contributed by atoms with Crippen LogP contribution in [0.25, 0.3) is 0 Å². The van der Waals surface area contributed by atoms with E-state index in [9.17, 15) is 9.00 Å². The van der Waals surface area contributed by atoms with Crippen molar-refractivity contribution >= 4 is 22.4 Å². The molecule has 4 rings (SSSR count). The van der Waals surface area contributed by atoms with Crippen molar-refractivity contribution in [1.29, 1.82) is 0 Å². The van der Waals surface area contributed by atoms with Crippen LogP contribution in [0.15, 0.2) is 76.0 Å². The number of carbonyl (C=O) groups excluding carboxylic acids is 1. The lowest BCUT2D eigenvalue weighted by atomic mass is 10.2. The van der Waals surface area contributed by atoms with Gasteiger partial charge in [-0.05, 0) is 42.8 Å². The van der Waals surface area contributed by atoms with Gasteiger partial charge in [-0.3, -0.25) is 9.00 Å². The highest BCUT2D eigenvalue weighted by Crippen LogP contribution is 2.20. The molecule has 1 saturated heterocycles. The molecule has 0 N–H and O–H groups in total. The van der Waals surface area contributed by atoms with Gasteiger partial charge in [0.05, 0.1) is 16.6 Å². The van der Waals surface area contributed by atoms with Crippen LogP contribution in [-0.4, -0.2) is 41.2 Å². The van der Waals surface area contributed by atoms with Gasteiger partial charge in [-0.15, -0.1) is 0 Å². The molecule has 2 aromatic carbocycles. The summed E-state index contributed by atoms with van der Waals surface area (Å²) in [7, 11) is -1.20. The number of para-hydroxylation sites is 1. The van der Waals surface area contributed by atoms with Crippen LogP contribution in [0.2, 0.25) is 0 Å². The predicted octanol–water partition coefficient (Wildman–Crippen LogP) is 3.86. The first-order chi connectivity index (χ1) is 14.1. The normalized spacial score (nSPS) is 15.3. The first kappa shape index (κ1) is 19.5. The average molecular weight is 409 g/mol. The van der Waals surface area contributed by atoms with Crippen molar-refractivity contribution in [1.82, 2.24) is 4.90 Å². The maximum atomic E-state index is 12.8. The molecule has 3 aromatic rings. The molecule has 0 spiro atoms. The Kier molecular flexibility index (Phi) is 5.81. The lowest BCUT2D eigenvalue weighted by molar-refractivity contribution is 0.0713. The van der Waals surface area contributed by atoms with E-state index in [0.29, 0.717) is 24.6 Å². The van der Waals surface area contributed by atoms with Crippen LogP contribution in [-0.2, 0) is 16.6 Å². The monoisotopic (exact) mass is 408 g/mol. The summed E-state index contributed by atoms with van der Waals surface area (Å²) < 4.78 is 18.4. The standard InChI is InChI=1S/C23H24N2O3S/c1-18-7-5-6-10-22(18)29(27)17-20-11-12-21(28-20)23(26)25-15-13-24(14-16-25)19-8-3-2-4-9-19/h2-12H,13-17H2,1H3/t29-/m1/s1. The SMILES string of the molecule is Cc1ccccc1[S@](=O)Cc1ccc(C(=O)N2CCN(c3ccccc3)CC2)o1. The molecule has 1 aliphatic heterocycles. The Morgan fingerprint density at radius 1 is 0.931 bits per heavy atom. The summed E-state index contributed by atoms with van der Waals surface area (Å²) in [5, 5.41) is 0. The quantitative estimate of drug-likeness (QED) is 0.643. The van der Waals surface area contributed by atoms with Crippen molar-refractivity contribution in [3.63, 3.8) is 0 Å². The lowest BCUT2D eigenvalue weighted by Gasteiger charge is -2.35. The summed E-state index contributed by atoms with van der Waals surface area (Å²) in [6.07, 6.45) is 0. The number of hydrogen-bond acceptors (Lipinski definition) is 4.